The first kappa shape index (κ1) is 22.1. The molecule has 7 heteroatoms. The summed E-state index contributed by atoms with van der Waals surface area (Å²) in [6, 6.07) is 7.60. The van der Waals surface area contributed by atoms with Crippen LogP contribution in [0.3, 0.4) is 0 Å². The maximum Gasteiger partial charge on any atom is 0.264 e. The Morgan fingerprint density at radius 1 is 1.13 bits per heavy atom. The number of hydrogen-bond donors (Lipinski definition) is 2. The molecule has 1 saturated carbocycles. The van der Waals surface area contributed by atoms with Crippen LogP contribution in [0.2, 0.25) is 0 Å². The highest BCUT2D eigenvalue weighted by Gasteiger charge is 2.31. The van der Waals surface area contributed by atoms with Gasteiger partial charge in [0.25, 0.3) is 11.8 Å². The third-order valence-corrected chi connectivity index (χ3v) is 5.23. The summed E-state index contributed by atoms with van der Waals surface area (Å²) >= 11 is 0. The molecule has 0 spiro atoms. The summed E-state index contributed by atoms with van der Waals surface area (Å²) in [6.45, 7) is 5.67. The van der Waals surface area contributed by atoms with Gasteiger partial charge in [-0.25, -0.2) is 0 Å². The molecule has 0 radical (unpaired) electrons. The van der Waals surface area contributed by atoms with Crippen molar-refractivity contribution in [2.75, 3.05) is 6.61 Å². The van der Waals surface area contributed by atoms with Gasteiger partial charge in [0.05, 0.1) is 5.71 Å². The first-order valence-corrected chi connectivity index (χ1v) is 10.9. The molecule has 2 amide bonds. The smallest absolute Gasteiger partial charge is 0.264 e. The van der Waals surface area contributed by atoms with E-state index in [9.17, 15) is 9.59 Å². The van der Waals surface area contributed by atoms with Crippen molar-refractivity contribution in [2.24, 2.45) is 5.16 Å². The van der Waals surface area contributed by atoms with Crippen molar-refractivity contribution in [1.29, 1.82) is 0 Å². The fourth-order valence-electron chi connectivity index (χ4n) is 3.82. The molecule has 1 aromatic carbocycles. The zero-order chi connectivity index (χ0) is 21.6. The standard InChI is InChI=1S/C23H33N3O4/c1-23(2,3)25-21(27)15-29-19-13-9-8-12-17(19)18-14-20(30-26-18)22(28)24-16-10-6-4-5-7-11-16/h8-9,12-13,16,20H,4-7,10-11,14-15H2,1-3H3,(H,24,28)(H,25,27). The molecule has 1 atom stereocenters. The minimum Gasteiger partial charge on any atom is -0.483 e. The van der Waals surface area contributed by atoms with Crippen molar-refractivity contribution in [3.05, 3.63) is 29.8 Å². The first-order valence-electron chi connectivity index (χ1n) is 10.9. The summed E-state index contributed by atoms with van der Waals surface area (Å²) in [7, 11) is 0. The number of benzene rings is 1. The number of oxime groups is 1. The van der Waals surface area contributed by atoms with Gasteiger partial charge in [0, 0.05) is 23.6 Å². The zero-order valence-corrected chi connectivity index (χ0v) is 18.2. The number of nitrogens with zero attached hydrogens (tertiary/aromatic N) is 1. The Hall–Kier alpha value is -2.57. The average molecular weight is 416 g/mol. The van der Waals surface area contributed by atoms with Crippen LogP contribution in [0, 0.1) is 0 Å². The topological polar surface area (TPSA) is 89.0 Å². The predicted molar refractivity (Wildman–Crippen MR) is 115 cm³/mol. The van der Waals surface area contributed by atoms with Crippen molar-refractivity contribution in [1.82, 2.24) is 10.6 Å². The van der Waals surface area contributed by atoms with Gasteiger partial charge >= 0.3 is 0 Å². The lowest BCUT2D eigenvalue weighted by Gasteiger charge is -2.20. The second kappa shape index (κ2) is 9.96. The quantitative estimate of drug-likeness (QED) is 0.698. The van der Waals surface area contributed by atoms with E-state index in [1.54, 1.807) is 6.07 Å². The van der Waals surface area contributed by atoms with Gasteiger partial charge in [-0.2, -0.15) is 0 Å². The molecule has 1 aromatic rings. The summed E-state index contributed by atoms with van der Waals surface area (Å²) in [5.74, 6) is 0.250. The van der Waals surface area contributed by atoms with Crippen LogP contribution in [0.1, 0.15) is 71.3 Å². The lowest BCUT2D eigenvalue weighted by Crippen LogP contribution is -2.43. The molecule has 0 saturated heterocycles. The summed E-state index contributed by atoms with van der Waals surface area (Å²) in [5.41, 5.74) is 1.08. The Kier molecular flexibility index (Phi) is 7.34. The molecule has 1 unspecified atom stereocenters. The monoisotopic (exact) mass is 415 g/mol. The van der Waals surface area contributed by atoms with Gasteiger partial charge < -0.3 is 20.2 Å². The van der Waals surface area contributed by atoms with E-state index in [0.29, 0.717) is 17.9 Å². The Balaban J connectivity index is 1.56. The molecule has 0 aromatic heterocycles. The second-order valence-electron chi connectivity index (χ2n) is 9.12. The van der Waals surface area contributed by atoms with Gasteiger partial charge in [0.1, 0.15) is 5.75 Å². The molecule has 164 valence electrons. The lowest BCUT2D eigenvalue weighted by atomic mass is 10.0. The van der Waals surface area contributed by atoms with Gasteiger partial charge in [-0.15, -0.1) is 0 Å². The molecule has 1 aliphatic carbocycles. The van der Waals surface area contributed by atoms with Crippen LogP contribution in [0.15, 0.2) is 29.4 Å². The van der Waals surface area contributed by atoms with Gasteiger partial charge in [0.15, 0.2) is 6.61 Å². The van der Waals surface area contributed by atoms with Crippen molar-refractivity contribution in [3.63, 3.8) is 0 Å². The summed E-state index contributed by atoms with van der Waals surface area (Å²) < 4.78 is 5.74. The Morgan fingerprint density at radius 3 is 2.53 bits per heavy atom. The van der Waals surface area contributed by atoms with Crippen LogP contribution >= 0.6 is 0 Å². The van der Waals surface area contributed by atoms with Crippen molar-refractivity contribution < 1.29 is 19.2 Å². The van der Waals surface area contributed by atoms with Gasteiger partial charge in [0.2, 0.25) is 6.10 Å². The maximum absolute atomic E-state index is 12.6. The molecule has 30 heavy (non-hydrogen) atoms. The van der Waals surface area contributed by atoms with Crippen LogP contribution in [-0.4, -0.2) is 41.8 Å². The van der Waals surface area contributed by atoms with Crippen LogP contribution in [0.25, 0.3) is 0 Å². The normalized spacial score (nSPS) is 20.0. The number of nitrogens with one attached hydrogen (secondary N) is 2. The molecule has 2 N–H and O–H groups in total. The zero-order valence-electron chi connectivity index (χ0n) is 18.2. The molecule has 1 fully saturated rings. The Bertz CT molecular complexity index is 777. The second-order valence-corrected chi connectivity index (χ2v) is 9.12. The molecular formula is C23H33N3O4. The van der Waals surface area contributed by atoms with Crippen LogP contribution in [-0.2, 0) is 14.4 Å². The number of ether oxygens (including phenoxy) is 1. The molecule has 1 aliphatic heterocycles. The Morgan fingerprint density at radius 2 is 1.83 bits per heavy atom. The summed E-state index contributed by atoms with van der Waals surface area (Å²) in [5, 5.41) is 10.1. The van der Waals surface area contributed by atoms with Crippen LogP contribution in [0.4, 0.5) is 0 Å². The molecular weight excluding hydrogens is 382 g/mol. The highest BCUT2D eigenvalue weighted by molar-refractivity contribution is 6.06. The van der Waals surface area contributed by atoms with Gasteiger partial charge in [-0.3, -0.25) is 9.59 Å². The third-order valence-electron chi connectivity index (χ3n) is 5.23. The van der Waals surface area contributed by atoms with E-state index in [2.05, 4.69) is 15.8 Å². The summed E-state index contributed by atoms with van der Waals surface area (Å²) in [6.07, 6.45) is 6.61. The van der Waals surface area contributed by atoms with Crippen molar-refractivity contribution in [3.8, 4) is 5.75 Å². The van der Waals surface area contributed by atoms with Crippen LogP contribution in [0.5, 0.6) is 5.75 Å². The van der Waals surface area contributed by atoms with E-state index >= 15 is 0 Å². The number of carbonyl (C=O) groups excluding carboxylic acids is 2. The van der Waals surface area contributed by atoms with E-state index < -0.39 is 6.10 Å². The third kappa shape index (κ3) is 6.47. The van der Waals surface area contributed by atoms with E-state index in [-0.39, 0.29) is 30.0 Å². The Labute approximate surface area is 178 Å². The largest absolute Gasteiger partial charge is 0.483 e. The predicted octanol–water partition coefficient (Wildman–Crippen LogP) is 3.31. The first-order chi connectivity index (χ1) is 14.3. The number of rotatable bonds is 6. The SMILES string of the molecule is CC(C)(C)NC(=O)COc1ccccc1C1=NOC(C(=O)NC2CCCCCC2)C1. The number of hydrogen-bond acceptors (Lipinski definition) is 5. The maximum atomic E-state index is 12.6. The minimum absolute atomic E-state index is 0.0893. The van der Waals surface area contributed by atoms with Gasteiger partial charge in [-0.05, 0) is 45.7 Å². The molecule has 1 heterocycles. The van der Waals surface area contributed by atoms with Crippen molar-refractivity contribution in [2.45, 2.75) is 83.4 Å². The highest BCUT2D eigenvalue weighted by Crippen LogP contribution is 2.25. The fourth-order valence-corrected chi connectivity index (χ4v) is 3.82. The lowest BCUT2D eigenvalue weighted by molar-refractivity contribution is -0.132. The number of para-hydroxylation sites is 1. The molecule has 3 rings (SSSR count). The van der Waals surface area contributed by atoms with E-state index in [1.807, 2.05) is 39.0 Å². The van der Waals surface area contributed by atoms with E-state index in [1.165, 1.54) is 12.8 Å². The molecule has 2 aliphatic rings. The van der Waals surface area contributed by atoms with E-state index in [4.69, 9.17) is 9.57 Å². The molecule has 0 bridgehead atoms. The summed E-state index contributed by atoms with van der Waals surface area (Å²) in [4.78, 5) is 30.2. The van der Waals surface area contributed by atoms with Gasteiger partial charge in [-0.1, -0.05) is 43.0 Å². The van der Waals surface area contributed by atoms with E-state index in [0.717, 1.165) is 31.2 Å². The number of amides is 2. The highest BCUT2D eigenvalue weighted by atomic mass is 16.6. The van der Waals surface area contributed by atoms with Crippen molar-refractivity contribution >= 4 is 17.5 Å². The fraction of sp³-hybridized carbons (Fsp3) is 0.609. The number of carbonyl (C=O) groups is 2. The molecule has 7 nitrogen and oxygen atoms in total. The minimum atomic E-state index is -0.625. The average Bonchev–Trinajstić information content (AvgIpc) is 3.04. The van der Waals surface area contributed by atoms with Crippen LogP contribution < -0.4 is 15.4 Å².